The van der Waals surface area contributed by atoms with E-state index >= 15 is 0 Å². The molecule has 1 N–H and O–H groups in total. The van der Waals surface area contributed by atoms with Gasteiger partial charge in [-0.3, -0.25) is 0 Å². The van der Waals surface area contributed by atoms with Crippen molar-refractivity contribution >= 4 is 0 Å². The van der Waals surface area contributed by atoms with Gasteiger partial charge in [-0.2, -0.15) is 0 Å². The van der Waals surface area contributed by atoms with Crippen LogP contribution in [0.5, 0.6) is 0 Å². The molecule has 86 valence electrons. The Hall–Kier alpha value is -0.900. The summed E-state index contributed by atoms with van der Waals surface area (Å²) in [4.78, 5) is 0. The fourth-order valence-corrected chi connectivity index (χ4v) is 1.41. The van der Waals surface area contributed by atoms with Gasteiger partial charge in [0.1, 0.15) is 11.6 Å². The van der Waals surface area contributed by atoms with E-state index in [1.165, 1.54) is 6.42 Å². The van der Waals surface area contributed by atoms with E-state index in [0.717, 1.165) is 18.2 Å². The van der Waals surface area contributed by atoms with E-state index in [4.69, 9.17) is 0 Å². The Morgan fingerprint density at radius 3 is 2.47 bits per heavy atom. The van der Waals surface area contributed by atoms with Crippen LogP contribution in [0.2, 0.25) is 0 Å². The number of aromatic nitrogens is 3. The summed E-state index contributed by atoms with van der Waals surface area (Å²) in [6.07, 6.45) is 1.20. The standard InChI is InChI=1S/C11H22N4/c1-6-8(2)9(3)12-7-11-14-13-10(4)15(11)5/h8-9,12H,6-7H2,1-5H3. The summed E-state index contributed by atoms with van der Waals surface area (Å²) in [5, 5.41) is 11.6. The zero-order chi connectivity index (χ0) is 11.4. The second kappa shape index (κ2) is 5.26. The van der Waals surface area contributed by atoms with Gasteiger partial charge in [0, 0.05) is 13.1 Å². The molecule has 4 heteroatoms. The van der Waals surface area contributed by atoms with Crippen LogP contribution in [-0.2, 0) is 13.6 Å². The highest BCUT2D eigenvalue weighted by Crippen LogP contribution is 2.07. The molecule has 0 saturated heterocycles. The molecule has 0 aliphatic heterocycles. The van der Waals surface area contributed by atoms with E-state index in [1.807, 2.05) is 18.5 Å². The summed E-state index contributed by atoms with van der Waals surface area (Å²) in [6, 6.07) is 0.520. The average Bonchev–Trinajstić information content (AvgIpc) is 2.55. The van der Waals surface area contributed by atoms with Crippen molar-refractivity contribution < 1.29 is 0 Å². The number of nitrogens with zero attached hydrogens (tertiary/aromatic N) is 3. The minimum atomic E-state index is 0.520. The molecule has 4 nitrogen and oxygen atoms in total. The Morgan fingerprint density at radius 2 is 2.00 bits per heavy atom. The molecule has 1 heterocycles. The summed E-state index contributed by atoms with van der Waals surface area (Å²) in [7, 11) is 2.00. The van der Waals surface area contributed by atoms with Crippen molar-refractivity contribution in [3.05, 3.63) is 11.6 Å². The first-order chi connectivity index (χ1) is 7.06. The van der Waals surface area contributed by atoms with Crippen molar-refractivity contribution in [2.45, 2.75) is 46.7 Å². The highest BCUT2D eigenvalue weighted by molar-refractivity contribution is 4.92. The molecule has 0 aromatic carbocycles. The summed E-state index contributed by atoms with van der Waals surface area (Å²) in [6.45, 7) is 9.46. The topological polar surface area (TPSA) is 42.7 Å². The maximum Gasteiger partial charge on any atom is 0.146 e. The van der Waals surface area contributed by atoms with Gasteiger partial charge in [-0.25, -0.2) is 0 Å². The lowest BCUT2D eigenvalue weighted by atomic mass is 10.0. The summed E-state index contributed by atoms with van der Waals surface area (Å²) < 4.78 is 2.02. The van der Waals surface area contributed by atoms with Crippen LogP contribution in [0.25, 0.3) is 0 Å². The van der Waals surface area contributed by atoms with Crippen LogP contribution in [0.4, 0.5) is 0 Å². The molecule has 1 aromatic heterocycles. The van der Waals surface area contributed by atoms with Gasteiger partial charge in [0.15, 0.2) is 0 Å². The number of hydrogen-bond donors (Lipinski definition) is 1. The summed E-state index contributed by atoms with van der Waals surface area (Å²) in [5.74, 6) is 2.66. The van der Waals surface area contributed by atoms with Crippen molar-refractivity contribution in [1.82, 2.24) is 20.1 Å². The van der Waals surface area contributed by atoms with Crippen LogP contribution < -0.4 is 5.32 Å². The molecule has 0 saturated carbocycles. The minimum Gasteiger partial charge on any atom is -0.317 e. The lowest BCUT2D eigenvalue weighted by Crippen LogP contribution is -2.32. The molecule has 1 aromatic rings. The zero-order valence-electron chi connectivity index (χ0n) is 10.4. The first-order valence-corrected chi connectivity index (χ1v) is 5.64. The second-order valence-electron chi connectivity index (χ2n) is 4.28. The highest BCUT2D eigenvalue weighted by Gasteiger charge is 2.11. The third-order valence-electron chi connectivity index (χ3n) is 3.26. The minimum absolute atomic E-state index is 0.520. The molecule has 0 spiro atoms. The van der Waals surface area contributed by atoms with Crippen molar-refractivity contribution in [2.75, 3.05) is 0 Å². The Kier molecular flexibility index (Phi) is 4.27. The molecule has 15 heavy (non-hydrogen) atoms. The van der Waals surface area contributed by atoms with Crippen LogP contribution in [0.3, 0.4) is 0 Å². The number of rotatable bonds is 5. The first kappa shape index (κ1) is 12.2. The molecular formula is C11H22N4. The van der Waals surface area contributed by atoms with E-state index in [1.54, 1.807) is 0 Å². The van der Waals surface area contributed by atoms with E-state index in [0.29, 0.717) is 12.0 Å². The predicted octanol–water partition coefficient (Wildman–Crippen LogP) is 1.65. The molecule has 0 aliphatic rings. The quantitative estimate of drug-likeness (QED) is 0.803. The maximum atomic E-state index is 4.12. The van der Waals surface area contributed by atoms with Crippen molar-refractivity contribution in [3.63, 3.8) is 0 Å². The lowest BCUT2D eigenvalue weighted by molar-refractivity contribution is 0.384. The van der Waals surface area contributed by atoms with Crippen molar-refractivity contribution in [2.24, 2.45) is 13.0 Å². The number of nitrogens with one attached hydrogen (secondary N) is 1. The largest absolute Gasteiger partial charge is 0.317 e. The van der Waals surface area contributed by atoms with Gasteiger partial charge in [0.05, 0.1) is 6.54 Å². The SMILES string of the molecule is CCC(C)C(C)NCc1nnc(C)n1C. The van der Waals surface area contributed by atoms with Gasteiger partial charge in [-0.1, -0.05) is 20.3 Å². The van der Waals surface area contributed by atoms with E-state index < -0.39 is 0 Å². The third kappa shape index (κ3) is 3.02. The van der Waals surface area contributed by atoms with Crippen LogP contribution in [0, 0.1) is 12.8 Å². The molecule has 0 bridgehead atoms. The molecule has 2 atom stereocenters. The fourth-order valence-electron chi connectivity index (χ4n) is 1.41. The average molecular weight is 210 g/mol. The van der Waals surface area contributed by atoms with Gasteiger partial charge in [0.2, 0.25) is 0 Å². The van der Waals surface area contributed by atoms with E-state index in [-0.39, 0.29) is 0 Å². The Balaban J connectivity index is 2.47. The van der Waals surface area contributed by atoms with Gasteiger partial charge in [-0.15, -0.1) is 10.2 Å². The Morgan fingerprint density at radius 1 is 1.33 bits per heavy atom. The van der Waals surface area contributed by atoms with E-state index in [2.05, 4.69) is 36.3 Å². The maximum absolute atomic E-state index is 4.12. The Labute approximate surface area is 92.1 Å². The van der Waals surface area contributed by atoms with Crippen molar-refractivity contribution in [1.29, 1.82) is 0 Å². The van der Waals surface area contributed by atoms with Gasteiger partial charge < -0.3 is 9.88 Å². The lowest BCUT2D eigenvalue weighted by Gasteiger charge is -2.19. The normalized spacial score (nSPS) is 15.3. The fraction of sp³-hybridized carbons (Fsp3) is 0.818. The summed E-state index contributed by atoms with van der Waals surface area (Å²) in [5.41, 5.74) is 0. The van der Waals surface area contributed by atoms with Crippen LogP contribution in [0.1, 0.15) is 38.8 Å². The molecule has 0 amide bonds. The number of aryl methyl sites for hydroxylation is 1. The van der Waals surface area contributed by atoms with E-state index in [9.17, 15) is 0 Å². The molecule has 0 radical (unpaired) electrons. The van der Waals surface area contributed by atoms with Crippen LogP contribution in [0.15, 0.2) is 0 Å². The van der Waals surface area contributed by atoms with Gasteiger partial charge >= 0.3 is 0 Å². The molecule has 1 rings (SSSR count). The van der Waals surface area contributed by atoms with Gasteiger partial charge in [0.25, 0.3) is 0 Å². The third-order valence-corrected chi connectivity index (χ3v) is 3.26. The smallest absolute Gasteiger partial charge is 0.146 e. The Bertz CT molecular complexity index is 306. The van der Waals surface area contributed by atoms with Gasteiger partial charge in [-0.05, 0) is 19.8 Å². The molecule has 0 fully saturated rings. The highest BCUT2D eigenvalue weighted by atomic mass is 15.3. The molecule has 0 aliphatic carbocycles. The first-order valence-electron chi connectivity index (χ1n) is 5.64. The number of hydrogen-bond acceptors (Lipinski definition) is 3. The van der Waals surface area contributed by atoms with Crippen LogP contribution in [-0.4, -0.2) is 20.8 Å². The monoisotopic (exact) mass is 210 g/mol. The predicted molar refractivity (Wildman–Crippen MR) is 61.5 cm³/mol. The molecular weight excluding hydrogens is 188 g/mol. The van der Waals surface area contributed by atoms with Crippen LogP contribution >= 0.6 is 0 Å². The zero-order valence-corrected chi connectivity index (χ0v) is 10.4. The molecule has 2 unspecified atom stereocenters. The van der Waals surface area contributed by atoms with Crippen molar-refractivity contribution in [3.8, 4) is 0 Å². The second-order valence-corrected chi connectivity index (χ2v) is 4.28. The summed E-state index contributed by atoms with van der Waals surface area (Å²) >= 11 is 0.